The molecule has 6 rings (SSSR count). The molecule has 35 heavy (non-hydrogen) atoms. The molecule has 0 fully saturated rings. The van der Waals surface area contributed by atoms with Crippen LogP contribution in [0, 0.1) is 0 Å². The van der Waals surface area contributed by atoms with Gasteiger partial charge < -0.3 is 9.52 Å². The molecule has 1 N–H and O–H groups in total. The summed E-state index contributed by atoms with van der Waals surface area (Å²) in [4.78, 5) is 13.5. The number of hydrogen-bond donors (Lipinski definition) is 1. The average Bonchev–Trinajstić information content (AvgIpc) is 2.89. The van der Waals surface area contributed by atoms with Crippen molar-refractivity contribution in [3.8, 4) is 17.1 Å². The van der Waals surface area contributed by atoms with Crippen LogP contribution in [0.2, 0.25) is 0 Å². The standard InChI is InChI=1S/C31H23BrO3/c32-24-15-13-20(14-16-24)19-9-11-21(12-10-19)23-17-22-5-1-2-6-25(22)27(18-23)29-30(33)26-7-3-4-8-28(26)35-31(29)34/h1-16,23,27,34H,17-18H2. The van der Waals surface area contributed by atoms with E-state index >= 15 is 0 Å². The molecule has 0 saturated carbocycles. The first-order valence-corrected chi connectivity index (χ1v) is 12.6. The maximum Gasteiger partial charge on any atom is 0.290 e. The van der Waals surface area contributed by atoms with Gasteiger partial charge in [0.1, 0.15) is 5.58 Å². The lowest BCUT2D eigenvalue weighted by molar-refractivity contribution is 0.327. The largest absolute Gasteiger partial charge is 0.480 e. The second kappa shape index (κ2) is 8.86. The third kappa shape index (κ3) is 3.98. The first kappa shape index (κ1) is 21.9. The maximum atomic E-state index is 13.5. The SMILES string of the molecule is O=c1c(C2CC(c3ccc(-c4ccc(Br)cc4)cc3)Cc3ccccc32)c(O)oc2ccccc12. The molecule has 3 nitrogen and oxygen atoms in total. The third-order valence-corrected chi connectivity index (χ3v) is 7.67. The lowest BCUT2D eigenvalue weighted by atomic mass is 9.72. The maximum absolute atomic E-state index is 13.5. The topological polar surface area (TPSA) is 50.4 Å². The molecular weight excluding hydrogens is 500 g/mol. The Bertz CT molecular complexity index is 1580. The summed E-state index contributed by atoms with van der Waals surface area (Å²) < 4.78 is 6.77. The van der Waals surface area contributed by atoms with Crippen molar-refractivity contribution in [1.29, 1.82) is 0 Å². The molecule has 4 heteroatoms. The highest BCUT2D eigenvalue weighted by Crippen LogP contribution is 2.45. The molecule has 1 aliphatic rings. The summed E-state index contributed by atoms with van der Waals surface area (Å²) in [5.74, 6) is -0.296. The molecule has 0 spiro atoms. The zero-order chi connectivity index (χ0) is 23.9. The average molecular weight is 523 g/mol. The van der Waals surface area contributed by atoms with Crippen LogP contribution in [0.4, 0.5) is 0 Å². The van der Waals surface area contributed by atoms with Gasteiger partial charge in [0.15, 0.2) is 5.43 Å². The van der Waals surface area contributed by atoms with Gasteiger partial charge in [0.05, 0.1) is 10.9 Å². The molecule has 0 radical (unpaired) electrons. The van der Waals surface area contributed by atoms with Crippen LogP contribution in [0.25, 0.3) is 22.1 Å². The Labute approximate surface area is 211 Å². The number of para-hydroxylation sites is 1. The quantitative estimate of drug-likeness (QED) is 0.263. The van der Waals surface area contributed by atoms with Crippen LogP contribution >= 0.6 is 15.9 Å². The van der Waals surface area contributed by atoms with Crippen molar-refractivity contribution < 1.29 is 9.52 Å². The second-order valence-corrected chi connectivity index (χ2v) is 10.1. The number of hydrogen-bond acceptors (Lipinski definition) is 3. The Morgan fingerprint density at radius 2 is 1.46 bits per heavy atom. The van der Waals surface area contributed by atoms with E-state index in [1.807, 2.05) is 30.3 Å². The molecule has 0 aliphatic heterocycles. The summed E-state index contributed by atoms with van der Waals surface area (Å²) in [5.41, 5.74) is 6.47. The highest BCUT2D eigenvalue weighted by Gasteiger charge is 2.33. The number of rotatable bonds is 3. The third-order valence-electron chi connectivity index (χ3n) is 7.14. The van der Waals surface area contributed by atoms with Gasteiger partial charge in [-0.25, -0.2) is 0 Å². The first-order valence-electron chi connectivity index (χ1n) is 11.8. The van der Waals surface area contributed by atoms with Gasteiger partial charge >= 0.3 is 0 Å². The Balaban J connectivity index is 1.41. The summed E-state index contributed by atoms with van der Waals surface area (Å²) in [5, 5.41) is 11.3. The molecule has 4 aromatic carbocycles. The van der Waals surface area contributed by atoms with Gasteiger partial charge in [-0.2, -0.15) is 0 Å². The normalized spacial score (nSPS) is 17.3. The van der Waals surface area contributed by atoms with Crippen molar-refractivity contribution in [2.75, 3.05) is 0 Å². The van der Waals surface area contributed by atoms with E-state index in [0.29, 0.717) is 16.5 Å². The van der Waals surface area contributed by atoms with Crippen molar-refractivity contribution in [2.24, 2.45) is 0 Å². The summed E-state index contributed by atoms with van der Waals surface area (Å²) in [6.07, 6.45) is 1.62. The number of aromatic hydroxyl groups is 1. The first-order chi connectivity index (χ1) is 17.1. The van der Waals surface area contributed by atoms with Crippen molar-refractivity contribution in [3.05, 3.63) is 134 Å². The van der Waals surface area contributed by atoms with Gasteiger partial charge in [0, 0.05) is 10.4 Å². The molecule has 0 saturated heterocycles. The van der Waals surface area contributed by atoms with Crippen LogP contribution in [-0.2, 0) is 6.42 Å². The van der Waals surface area contributed by atoms with Crippen LogP contribution in [0.1, 0.15) is 40.5 Å². The van der Waals surface area contributed by atoms with Gasteiger partial charge in [-0.15, -0.1) is 0 Å². The van der Waals surface area contributed by atoms with Gasteiger partial charge in [0.2, 0.25) is 0 Å². The Hall–Kier alpha value is -3.63. The van der Waals surface area contributed by atoms with E-state index < -0.39 is 0 Å². The molecule has 5 aromatic rings. The fourth-order valence-corrected chi connectivity index (χ4v) is 5.65. The van der Waals surface area contributed by atoms with E-state index in [0.717, 1.165) is 22.9 Å². The highest BCUT2D eigenvalue weighted by atomic mass is 79.9. The fraction of sp³-hybridized carbons (Fsp3) is 0.129. The summed E-state index contributed by atoms with van der Waals surface area (Å²) in [6.45, 7) is 0. The van der Waals surface area contributed by atoms with E-state index in [2.05, 4.69) is 64.5 Å². The predicted molar refractivity (Wildman–Crippen MR) is 143 cm³/mol. The van der Waals surface area contributed by atoms with Gasteiger partial charge in [-0.05, 0) is 70.8 Å². The molecule has 172 valence electrons. The second-order valence-electron chi connectivity index (χ2n) is 9.16. The van der Waals surface area contributed by atoms with E-state index in [1.54, 1.807) is 18.2 Å². The van der Waals surface area contributed by atoms with Gasteiger partial charge in [-0.3, -0.25) is 4.79 Å². The molecule has 0 bridgehead atoms. The summed E-state index contributed by atoms with van der Waals surface area (Å²) in [7, 11) is 0. The lowest BCUT2D eigenvalue weighted by Crippen LogP contribution is -2.23. The molecule has 1 aliphatic carbocycles. The minimum Gasteiger partial charge on any atom is -0.480 e. The van der Waals surface area contributed by atoms with Gasteiger partial charge in [-0.1, -0.05) is 88.7 Å². The van der Waals surface area contributed by atoms with Crippen molar-refractivity contribution in [3.63, 3.8) is 0 Å². The van der Waals surface area contributed by atoms with Crippen molar-refractivity contribution >= 4 is 26.9 Å². The van der Waals surface area contributed by atoms with Crippen LogP contribution in [0.3, 0.4) is 0 Å². The van der Waals surface area contributed by atoms with Crippen LogP contribution in [0.5, 0.6) is 5.95 Å². The van der Waals surface area contributed by atoms with Crippen LogP contribution in [-0.4, -0.2) is 5.11 Å². The van der Waals surface area contributed by atoms with Crippen LogP contribution < -0.4 is 5.43 Å². The van der Waals surface area contributed by atoms with E-state index in [9.17, 15) is 9.90 Å². The zero-order valence-corrected chi connectivity index (χ0v) is 20.5. The van der Waals surface area contributed by atoms with Crippen molar-refractivity contribution in [2.45, 2.75) is 24.7 Å². The Morgan fingerprint density at radius 1 is 0.800 bits per heavy atom. The summed E-state index contributed by atoms with van der Waals surface area (Å²) >= 11 is 3.50. The predicted octanol–water partition coefficient (Wildman–Crippen LogP) is 7.79. The number of halogens is 1. The molecule has 2 unspecified atom stereocenters. The zero-order valence-electron chi connectivity index (χ0n) is 18.9. The molecule has 1 heterocycles. The molecular formula is C31H23BrO3. The Kier molecular flexibility index (Phi) is 5.54. The minimum atomic E-state index is -0.278. The van der Waals surface area contributed by atoms with Crippen LogP contribution in [0.15, 0.2) is 111 Å². The number of fused-ring (bicyclic) bond motifs is 2. The Morgan fingerprint density at radius 3 is 2.23 bits per heavy atom. The summed E-state index contributed by atoms with van der Waals surface area (Å²) in [6, 6.07) is 32.3. The van der Waals surface area contributed by atoms with E-state index in [1.165, 1.54) is 22.3 Å². The van der Waals surface area contributed by atoms with E-state index in [4.69, 9.17) is 4.42 Å². The highest BCUT2D eigenvalue weighted by molar-refractivity contribution is 9.10. The van der Waals surface area contributed by atoms with Crippen molar-refractivity contribution in [1.82, 2.24) is 0 Å². The monoisotopic (exact) mass is 522 g/mol. The smallest absolute Gasteiger partial charge is 0.290 e. The molecule has 2 atom stereocenters. The lowest BCUT2D eigenvalue weighted by Gasteiger charge is -2.32. The molecule has 0 amide bonds. The number of benzene rings is 4. The van der Waals surface area contributed by atoms with Gasteiger partial charge in [0.25, 0.3) is 5.95 Å². The molecule has 1 aromatic heterocycles. The minimum absolute atomic E-state index is 0.157. The fourth-order valence-electron chi connectivity index (χ4n) is 5.39. The van der Waals surface area contributed by atoms with E-state index in [-0.39, 0.29) is 23.2 Å².